The third-order valence-electron chi connectivity index (χ3n) is 2.23. The van der Waals surface area contributed by atoms with Gasteiger partial charge in [-0.15, -0.1) is 6.58 Å². The minimum atomic E-state index is 0.356. The highest BCUT2D eigenvalue weighted by Crippen LogP contribution is 2.36. The predicted octanol–water partition coefficient (Wildman–Crippen LogP) is 4.27. The zero-order valence-corrected chi connectivity index (χ0v) is 9.57. The lowest BCUT2D eigenvalue weighted by molar-refractivity contribution is 0.207. The fraction of sp³-hybridized carbons (Fsp3) is 0.833. The van der Waals surface area contributed by atoms with Gasteiger partial charge in [-0.05, 0) is 23.2 Å². The van der Waals surface area contributed by atoms with Gasteiger partial charge < -0.3 is 0 Å². The molecule has 0 radical (unpaired) electrons. The summed E-state index contributed by atoms with van der Waals surface area (Å²) in [5.41, 5.74) is 0.765. The molecule has 0 nitrogen and oxygen atoms in total. The second kappa shape index (κ2) is 3.64. The first-order valence-electron chi connectivity index (χ1n) is 4.79. The molecule has 0 heteroatoms. The van der Waals surface area contributed by atoms with E-state index >= 15 is 0 Å². The molecule has 0 aliphatic rings. The maximum atomic E-state index is 3.91. The average molecular weight is 168 g/mol. The molecule has 0 aliphatic carbocycles. The van der Waals surface area contributed by atoms with Crippen molar-refractivity contribution in [2.24, 2.45) is 16.7 Å². The number of rotatable bonds is 2. The van der Waals surface area contributed by atoms with Crippen LogP contribution in [0.3, 0.4) is 0 Å². The Hall–Kier alpha value is -0.260. The Kier molecular flexibility index (Phi) is 3.56. The van der Waals surface area contributed by atoms with Crippen LogP contribution in [0.5, 0.6) is 0 Å². The van der Waals surface area contributed by atoms with Gasteiger partial charge in [0.2, 0.25) is 0 Å². The van der Waals surface area contributed by atoms with Crippen molar-refractivity contribution < 1.29 is 0 Å². The molecule has 0 spiro atoms. The van der Waals surface area contributed by atoms with Gasteiger partial charge in [-0.1, -0.05) is 47.6 Å². The Morgan fingerprint density at radius 3 is 1.58 bits per heavy atom. The van der Waals surface area contributed by atoms with Crippen molar-refractivity contribution in [3.63, 3.8) is 0 Å². The van der Waals surface area contributed by atoms with E-state index in [4.69, 9.17) is 0 Å². The highest BCUT2D eigenvalue weighted by Gasteiger charge is 2.26. The molecule has 0 N–H and O–H groups in total. The zero-order valence-electron chi connectivity index (χ0n) is 9.57. The predicted molar refractivity (Wildman–Crippen MR) is 57.2 cm³/mol. The van der Waals surface area contributed by atoms with E-state index in [0.717, 1.165) is 0 Å². The number of hydrogen-bond donors (Lipinski definition) is 0. The summed E-state index contributed by atoms with van der Waals surface area (Å²) in [6.45, 7) is 17.6. The lowest BCUT2D eigenvalue weighted by Crippen LogP contribution is -2.23. The van der Waals surface area contributed by atoms with E-state index in [9.17, 15) is 0 Å². The van der Waals surface area contributed by atoms with Crippen molar-refractivity contribution in [3.05, 3.63) is 12.7 Å². The SMILES string of the molecule is C=CC(CC(C)(C)C)C(C)(C)C. The summed E-state index contributed by atoms with van der Waals surface area (Å²) in [6.07, 6.45) is 3.32. The first-order valence-corrected chi connectivity index (χ1v) is 4.79. The zero-order chi connectivity index (χ0) is 9.99. The molecule has 0 heterocycles. The molecule has 0 aromatic rings. The van der Waals surface area contributed by atoms with Crippen LogP contribution in [0.15, 0.2) is 12.7 Å². The molecule has 0 bridgehead atoms. The normalized spacial score (nSPS) is 15.8. The maximum absolute atomic E-state index is 3.91. The smallest absolute Gasteiger partial charge is 0.0182 e. The van der Waals surface area contributed by atoms with Crippen LogP contribution in [0.1, 0.15) is 48.0 Å². The molecular weight excluding hydrogens is 144 g/mol. The minimum absolute atomic E-state index is 0.356. The fourth-order valence-corrected chi connectivity index (χ4v) is 1.40. The van der Waals surface area contributed by atoms with Gasteiger partial charge >= 0.3 is 0 Å². The van der Waals surface area contributed by atoms with Crippen LogP contribution in [-0.4, -0.2) is 0 Å². The first-order chi connectivity index (χ1) is 5.17. The van der Waals surface area contributed by atoms with Crippen LogP contribution in [0.2, 0.25) is 0 Å². The molecule has 72 valence electrons. The quantitative estimate of drug-likeness (QED) is 0.540. The van der Waals surface area contributed by atoms with E-state index in [-0.39, 0.29) is 0 Å². The van der Waals surface area contributed by atoms with Gasteiger partial charge in [0.05, 0.1) is 0 Å². The highest BCUT2D eigenvalue weighted by molar-refractivity contribution is 4.90. The Morgan fingerprint density at radius 1 is 1.08 bits per heavy atom. The largest absolute Gasteiger partial charge is 0.103 e. The Labute approximate surface area is 78.1 Å². The van der Waals surface area contributed by atoms with E-state index in [1.54, 1.807) is 0 Å². The van der Waals surface area contributed by atoms with E-state index < -0.39 is 0 Å². The molecule has 0 aliphatic heterocycles. The van der Waals surface area contributed by atoms with Crippen molar-refractivity contribution in [2.75, 3.05) is 0 Å². The summed E-state index contributed by atoms with van der Waals surface area (Å²) < 4.78 is 0. The van der Waals surface area contributed by atoms with Gasteiger partial charge in [-0.3, -0.25) is 0 Å². The van der Waals surface area contributed by atoms with Crippen molar-refractivity contribution in [1.82, 2.24) is 0 Å². The molecule has 0 saturated heterocycles. The summed E-state index contributed by atoms with van der Waals surface area (Å²) in [5.74, 6) is 0.623. The van der Waals surface area contributed by atoms with E-state index in [2.05, 4.69) is 54.2 Å². The van der Waals surface area contributed by atoms with Crippen LogP contribution in [-0.2, 0) is 0 Å². The summed E-state index contributed by atoms with van der Waals surface area (Å²) in [7, 11) is 0. The molecule has 0 amide bonds. The number of hydrogen-bond acceptors (Lipinski definition) is 0. The third kappa shape index (κ3) is 4.58. The summed E-state index contributed by atoms with van der Waals surface area (Å²) in [5, 5.41) is 0. The summed E-state index contributed by atoms with van der Waals surface area (Å²) >= 11 is 0. The molecule has 0 rings (SSSR count). The maximum Gasteiger partial charge on any atom is -0.0182 e. The summed E-state index contributed by atoms with van der Waals surface area (Å²) in [4.78, 5) is 0. The molecule has 0 aromatic heterocycles. The lowest BCUT2D eigenvalue weighted by atomic mass is 9.72. The molecule has 0 aromatic carbocycles. The van der Waals surface area contributed by atoms with Crippen molar-refractivity contribution in [1.29, 1.82) is 0 Å². The molecular formula is C12H24. The Morgan fingerprint density at radius 2 is 1.50 bits per heavy atom. The highest BCUT2D eigenvalue weighted by atomic mass is 14.3. The van der Waals surface area contributed by atoms with Gasteiger partial charge in [-0.2, -0.15) is 0 Å². The van der Waals surface area contributed by atoms with Gasteiger partial charge in [-0.25, -0.2) is 0 Å². The van der Waals surface area contributed by atoms with Crippen LogP contribution >= 0.6 is 0 Å². The van der Waals surface area contributed by atoms with Crippen molar-refractivity contribution in [2.45, 2.75) is 48.0 Å². The molecule has 12 heavy (non-hydrogen) atoms. The minimum Gasteiger partial charge on any atom is -0.103 e. The Balaban J connectivity index is 4.30. The lowest BCUT2D eigenvalue weighted by Gasteiger charge is -2.33. The van der Waals surface area contributed by atoms with Crippen LogP contribution < -0.4 is 0 Å². The second-order valence-corrected chi connectivity index (χ2v) is 5.97. The van der Waals surface area contributed by atoms with Gasteiger partial charge in [0.1, 0.15) is 0 Å². The van der Waals surface area contributed by atoms with Gasteiger partial charge in [0.25, 0.3) is 0 Å². The number of allylic oxidation sites excluding steroid dienone is 1. The van der Waals surface area contributed by atoms with Crippen LogP contribution in [0, 0.1) is 16.7 Å². The monoisotopic (exact) mass is 168 g/mol. The molecule has 1 unspecified atom stereocenters. The topological polar surface area (TPSA) is 0 Å². The molecule has 0 fully saturated rings. The standard InChI is InChI=1S/C12H24/c1-8-10(12(5,6)7)9-11(2,3)4/h8,10H,1,9H2,2-7H3. The average Bonchev–Trinajstić information content (AvgIpc) is 1.78. The van der Waals surface area contributed by atoms with Crippen LogP contribution in [0.4, 0.5) is 0 Å². The van der Waals surface area contributed by atoms with E-state index in [1.807, 2.05) is 0 Å². The first kappa shape index (κ1) is 11.7. The van der Waals surface area contributed by atoms with Gasteiger partial charge in [0.15, 0.2) is 0 Å². The van der Waals surface area contributed by atoms with Crippen molar-refractivity contribution >= 4 is 0 Å². The Bertz CT molecular complexity index is 140. The fourth-order valence-electron chi connectivity index (χ4n) is 1.40. The second-order valence-electron chi connectivity index (χ2n) is 5.97. The van der Waals surface area contributed by atoms with Gasteiger partial charge in [0, 0.05) is 0 Å². The third-order valence-corrected chi connectivity index (χ3v) is 2.23. The van der Waals surface area contributed by atoms with Crippen molar-refractivity contribution in [3.8, 4) is 0 Å². The summed E-state index contributed by atoms with van der Waals surface area (Å²) in [6, 6.07) is 0. The van der Waals surface area contributed by atoms with Crippen LogP contribution in [0.25, 0.3) is 0 Å². The van der Waals surface area contributed by atoms with E-state index in [1.165, 1.54) is 6.42 Å². The van der Waals surface area contributed by atoms with E-state index in [0.29, 0.717) is 16.7 Å². The molecule has 1 atom stereocenters. The molecule has 0 saturated carbocycles.